The van der Waals surface area contributed by atoms with Crippen LogP contribution in [0.4, 0.5) is 0 Å². The number of Topliss-reactive ketones (excluding diaryl/α,β-unsaturated/α-hetero) is 1. The van der Waals surface area contributed by atoms with E-state index in [2.05, 4.69) is 10.3 Å². The highest BCUT2D eigenvalue weighted by Gasteiger charge is 2.32. The number of carbonyl (C=O) groups excluding carboxylic acids is 1. The van der Waals surface area contributed by atoms with Crippen molar-refractivity contribution in [3.05, 3.63) is 16.6 Å². The Morgan fingerprint density at radius 3 is 3.27 bits per heavy atom. The number of carbonyl (C=O) groups is 1. The first kappa shape index (κ1) is 10.7. The van der Waals surface area contributed by atoms with Crippen LogP contribution in [-0.4, -0.2) is 37.1 Å². The summed E-state index contributed by atoms with van der Waals surface area (Å²) in [5, 5.41) is 5.89. The number of ketones is 1. The number of hydrogen-bond donors (Lipinski definition) is 1. The molecule has 1 aliphatic rings. The number of thiazole rings is 1. The molecule has 0 bridgehead atoms. The molecule has 2 unspecified atom stereocenters. The van der Waals surface area contributed by atoms with Gasteiger partial charge in [0.05, 0.1) is 30.6 Å². The molecule has 5 heteroatoms. The van der Waals surface area contributed by atoms with E-state index in [1.54, 1.807) is 6.20 Å². The van der Waals surface area contributed by atoms with Crippen LogP contribution in [0.25, 0.3) is 0 Å². The first-order chi connectivity index (χ1) is 7.31. The van der Waals surface area contributed by atoms with Gasteiger partial charge in [-0.2, -0.15) is 0 Å². The molecule has 0 aromatic carbocycles. The van der Waals surface area contributed by atoms with E-state index in [-0.39, 0.29) is 17.7 Å². The van der Waals surface area contributed by atoms with Crippen LogP contribution >= 0.6 is 11.3 Å². The SMILES string of the molecule is CNC1COCC1C(=O)Cc1nccs1. The average molecular weight is 226 g/mol. The van der Waals surface area contributed by atoms with E-state index in [9.17, 15) is 4.79 Å². The molecule has 0 spiro atoms. The highest BCUT2D eigenvalue weighted by Crippen LogP contribution is 2.17. The summed E-state index contributed by atoms with van der Waals surface area (Å²) in [7, 11) is 1.86. The zero-order valence-electron chi connectivity index (χ0n) is 8.60. The van der Waals surface area contributed by atoms with Crippen molar-refractivity contribution in [3.8, 4) is 0 Å². The van der Waals surface area contributed by atoms with Gasteiger partial charge in [-0.3, -0.25) is 4.79 Å². The van der Waals surface area contributed by atoms with Crippen molar-refractivity contribution < 1.29 is 9.53 Å². The van der Waals surface area contributed by atoms with Gasteiger partial charge in [-0.25, -0.2) is 4.98 Å². The summed E-state index contributed by atoms with van der Waals surface area (Å²) in [6, 6.07) is 0.164. The van der Waals surface area contributed by atoms with Crippen molar-refractivity contribution in [2.75, 3.05) is 20.3 Å². The van der Waals surface area contributed by atoms with Gasteiger partial charge in [0.2, 0.25) is 0 Å². The molecule has 2 atom stereocenters. The standard InChI is InChI=1S/C10H14N2O2S/c1-11-8-6-14-5-7(8)9(13)4-10-12-2-3-15-10/h2-3,7-8,11H,4-6H2,1H3. The zero-order valence-corrected chi connectivity index (χ0v) is 9.42. The Balaban J connectivity index is 1.96. The second-order valence-corrected chi connectivity index (χ2v) is 4.59. The molecule has 15 heavy (non-hydrogen) atoms. The van der Waals surface area contributed by atoms with Crippen LogP contribution in [0.2, 0.25) is 0 Å². The summed E-state index contributed by atoms with van der Waals surface area (Å²) < 4.78 is 5.30. The highest BCUT2D eigenvalue weighted by molar-refractivity contribution is 7.09. The van der Waals surface area contributed by atoms with Crippen molar-refractivity contribution in [1.82, 2.24) is 10.3 Å². The maximum Gasteiger partial charge on any atom is 0.146 e. The fourth-order valence-corrected chi connectivity index (χ4v) is 2.40. The van der Waals surface area contributed by atoms with E-state index in [1.165, 1.54) is 11.3 Å². The van der Waals surface area contributed by atoms with Crippen molar-refractivity contribution >= 4 is 17.1 Å². The van der Waals surface area contributed by atoms with Gasteiger partial charge in [0, 0.05) is 17.6 Å². The van der Waals surface area contributed by atoms with Gasteiger partial charge in [0.15, 0.2) is 0 Å². The number of nitrogens with one attached hydrogen (secondary N) is 1. The van der Waals surface area contributed by atoms with Crippen molar-refractivity contribution in [3.63, 3.8) is 0 Å². The molecule has 1 saturated heterocycles. The molecule has 82 valence electrons. The lowest BCUT2D eigenvalue weighted by molar-refractivity contribution is -0.122. The molecule has 2 heterocycles. The lowest BCUT2D eigenvalue weighted by Crippen LogP contribution is -2.37. The number of ether oxygens (including phenoxy) is 1. The fraction of sp³-hybridized carbons (Fsp3) is 0.600. The van der Waals surface area contributed by atoms with Gasteiger partial charge < -0.3 is 10.1 Å². The molecule has 0 aliphatic carbocycles. The Morgan fingerprint density at radius 2 is 2.60 bits per heavy atom. The molecule has 1 aromatic heterocycles. The maximum atomic E-state index is 11.9. The molecule has 0 saturated carbocycles. The van der Waals surface area contributed by atoms with Crippen LogP contribution in [-0.2, 0) is 16.0 Å². The van der Waals surface area contributed by atoms with E-state index in [0.717, 1.165) is 5.01 Å². The molecule has 2 rings (SSSR count). The summed E-state index contributed by atoms with van der Waals surface area (Å²) >= 11 is 1.53. The Morgan fingerprint density at radius 1 is 1.73 bits per heavy atom. The zero-order chi connectivity index (χ0) is 10.7. The molecule has 0 radical (unpaired) electrons. The normalized spacial score (nSPS) is 25.7. The van der Waals surface area contributed by atoms with Gasteiger partial charge in [0.1, 0.15) is 5.78 Å². The summed E-state index contributed by atoms with van der Waals surface area (Å²) in [5.41, 5.74) is 0. The first-order valence-corrected chi connectivity index (χ1v) is 5.85. The number of rotatable bonds is 4. The smallest absolute Gasteiger partial charge is 0.146 e. The van der Waals surface area contributed by atoms with Crippen LogP contribution in [0.5, 0.6) is 0 Å². The van der Waals surface area contributed by atoms with Crippen LogP contribution in [0, 0.1) is 5.92 Å². The Bertz CT molecular complexity index is 326. The first-order valence-electron chi connectivity index (χ1n) is 4.97. The van der Waals surface area contributed by atoms with Gasteiger partial charge in [-0.1, -0.05) is 0 Å². The van der Waals surface area contributed by atoms with Crippen molar-refractivity contribution in [2.24, 2.45) is 5.92 Å². The van der Waals surface area contributed by atoms with E-state index < -0.39 is 0 Å². The number of hydrogen-bond acceptors (Lipinski definition) is 5. The third-order valence-electron chi connectivity index (χ3n) is 2.67. The monoisotopic (exact) mass is 226 g/mol. The predicted octanol–water partition coefficient (Wildman–Crippen LogP) is 0.489. The molecular formula is C10H14N2O2S. The highest BCUT2D eigenvalue weighted by atomic mass is 32.1. The minimum Gasteiger partial charge on any atom is -0.379 e. The van der Waals surface area contributed by atoms with Gasteiger partial charge >= 0.3 is 0 Å². The molecular weight excluding hydrogens is 212 g/mol. The van der Waals surface area contributed by atoms with Crippen LogP contribution in [0.3, 0.4) is 0 Å². The molecule has 1 fully saturated rings. The molecule has 4 nitrogen and oxygen atoms in total. The summed E-state index contributed by atoms with van der Waals surface area (Å²) in [5.74, 6) is 0.209. The Kier molecular flexibility index (Phi) is 3.45. The van der Waals surface area contributed by atoms with E-state index in [4.69, 9.17) is 4.74 Å². The van der Waals surface area contributed by atoms with Crippen LogP contribution in [0.1, 0.15) is 5.01 Å². The average Bonchev–Trinajstić information content (AvgIpc) is 2.86. The lowest BCUT2D eigenvalue weighted by atomic mass is 9.97. The predicted molar refractivity (Wildman–Crippen MR) is 58.0 cm³/mol. The second kappa shape index (κ2) is 4.83. The largest absolute Gasteiger partial charge is 0.379 e. The fourth-order valence-electron chi connectivity index (χ4n) is 1.78. The molecule has 1 N–H and O–H groups in total. The van der Waals surface area contributed by atoms with E-state index >= 15 is 0 Å². The van der Waals surface area contributed by atoms with Gasteiger partial charge in [-0.05, 0) is 7.05 Å². The Labute approximate surface area is 92.7 Å². The van der Waals surface area contributed by atoms with Crippen LogP contribution < -0.4 is 5.32 Å². The summed E-state index contributed by atoms with van der Waals surface area (Å²) in [6.45, 7) is 1.17. The minimum absolute atomic E-state index is 0.0149. The quantitative estimate of drug-likeness (QED) is 0.811. The Hall–Kier alpha value is -0.780. The second-order valence-electron chi connectivity index (χ2n) is 3.61. The summed E-state index contributed by atoms with van der Waals surface area (Å²) in [4.78, 5) is 16.0. The van der Waals surface area contributed by atoms with E-state index in [0.29, 0.717) is 19.6 Å². The number of nitrogens with zero attached hydrogens (tertiary/aromatic N) is 1. The maximum absolute atomic E-state index is 11.9. The van der Waals surface area contributed by atoms with Crippen LogP contribution in [0.15, 0.2) is 11.6 Å². The van der Waals surface area contributed by atoms with Gasteiger partial charge in [0.25, 0.3) is 0 Å². The topological polar surface area (TPSA) is 51.2 Å². The van der Waals surface area contributed by atoms with Crippen molar-refractivity contribution in [2.45, 2.75) is 12.5 Å². The summed E-state index contributed by atoms with van der Waals surface area (Å²) in [6.07, 6.45) is 2.16. The minimum atomic E-state index is -0.0149. The molecule has 1 aliphatic heterocycles. The number of aromatic nitrogens is 1. The number of likely N-dealkylation sites (N-methyl/N-ethyl adjacent to an activating group) is 1. The van der Waals surface area contributed by atoms with Crippen molar-refractivity contribution in [1.29, 1.82) is 0 Å². The molecule has 1 aromatic rings. The third-order valence-corrected chi connectivity index (χ3v) is 3.45. The third kappa shape index (κ3) is 2.42. The van der Waals surface area contributed by atoms with Gasteiger partial charge in [-0.15, -0.1) is 11.3 Å². The lowest BCUT2D eigenvalue weighted by Gasteiger charge is -2.14. The molecule has 0 amide bonds. The van der Waals surface area contributed by atoms with E-state index in [1.807, 2.05) is 12.4 Å².